The zero-order valence-electron chi connectivity index (χ0n) is 17.9. The molecule has 7 heteroatoms. The van der Waals surface area contributed by atoms with Gasteiger partial charge in [0, 0.05) is 16.3 Å². The van der Waals surface area contributed by atoms with Crippen LogP contribution in [0.1, 0.15) is 27.3 Å². The fourth-order valence-electron chi connectivity index (χ4n) is 3.44. The lowest BCUT2D eigenvalue weighted by Gasteiger charge is -2.11. The Balaban J connectivity index is 1.68. The van der Waals surface area contributed by atoms with Crippen LogP contribution in [0.15, 0.2) is 72.8 Å². The lowest BCUT2D eigenvalue weighted by molar-refractivity contribution is 0.0967. The SMILES string of the molecule is Cc1ccc(C(=O)Cn2nc(CNc3ccc(Cl)cc3)n(-c3ccccc3C)c2=S)cc1. The number of Topliss-reactive ketones (excluding diaryl/α,β-unsaturated/α-hetero) is 1. The molecule has 0 unspecified atom stereocenters. The molecule has 32 heavy (non-hydrogen) atoms. The highest BCUT2D eigenvalue weighted by Gasteiger charge is 2.16. The van der Waals surface area contributed by atoms with Crippen molar-refractivity contribution < 1.29 is 4.79 Å². The van der Waals surface area contributed by atoms with Crippen LogP contribution in [0.2, 0.25) is 5.02 Å². The molecule has 0 fully saturated rings. The smallest absolute Gasteiger partial charge is 0.203 e. The highest BCUT2D eigenvalue weighted by atomic mass is 35.5. The van der Waals surface area contributed by atoms with Crippen LogP contribution in [0.3, 0.4) is 0 Å². The van der Waals surface area contributed by atoms with Crippen molar-refractivity contribution in [3.63, 3.8) is 0 Å². The van der Waals surface area contributed by atoms with Crippen LogP contribution >= 0.6 is 23.8 Å². The summed E-state index contributed by atoms with van der Waals surface area (Å²) >= 11 is 11.7. The molecular weight excluding hydrogens is 440 g/mol. The highest BCUT2D eigenvalue weighted by Crippen LogP contribution is 2.19. The van der Waals surface area contributed by atoms with Gasteiger partial charge in [0.15, 0.2) is 11.6 Å². The first-order valence-corrected chi connectivity index (χ1v) is 11.0. The maximum Gasteiger partial charge on any atom is 0.203 e. The molecule has 4 rings (SSSR count). The number of para-hydroxylation sites is 1. The lowest BCUT2D eigenvalue weighted by atomic mass is 10.1. The number of carbonyl (C=O) groups excluding carboxylic acids is 1. The monoisotopic (exact) mass is 462 g/mol. The molecule has 0 bridgehead atoms. The Morgan fingerprint density at radius 2 is 1.69 bits per heavy atom. The Morgan fingerprint density at radius 3 is 2.38 bits per heavy atom. The Hall–Kier alpha value is -3.22. The molecule has 1 N–H and O–H groups in total. The van der Waals surface area contributed by atoms with E-state index in [1.165, 1.54) is 0 Å². The number of aromatic nitrogens is 3. The topological polar surface area (TPSA) is 51.9 Å². The third-order valence-corrected chi connectivity index (χ3v) is 5.87. The zero-order chi connectivity index (χ0) is 22.7. The maximum absolute atomic E-state index is 12.9. The van der Waals surface area contributed by atoms with Gasteiger partial charge in [0.25, 0.3) is 0 Å². The largest absolute Gasteiger partial charge is 0.378 e. The average Bonchev–Trinajstić information content (AvgIpc) is 3.09. The van der Waals surface area contributed by atoms with Crippen LogP contribution < -0.4 is 5.32 Å². The van der Waals surface area contributed by atoms with E-state index in [-0.39, 0.29) is 12.3 Å². The van der Waals surface area contributed by atoms with E-state index < -0.39 is 0 Å². The molecule has 0 aliphatic heterocycles. The van der Waals surface area contributed by atoms with Gasteiger partial charge in [0.2, 0.25) is 4.77 Å². The third-order valence-electron chi connectivity index (χ3n) is 5.22. The van der Waals surface area contributed by atoms with E-state index in [1.807, 2.05) is 91.2 Å². The summed E-state index contributed by atoms with van der Waals surface area (Å²) in [7, 11) is 0. The molecule has 0 saturated heterocycles. The summed E-state index contributed by atoms with van der Waals surface area (Å²) in [6.45, 7) is 4.54. The van der Waals surface area contributed by atoms with Gasteiger partial charge in [-0.25, -0.2) is 4.68 Å². The first-order valence-electron chi connectivity index (χ1n) is 10.3. The number of rotatable bonds is 7. The number of aryl methyl sites for hydroxylation is 2. The summed E-state index contributed by atoms with van der Waals surface area (Å²) in [6.07, 6.45) is 0. The fraction of sp³-hybridized carbons (Fsp3) is 0.160. The van der Waals surface area contributed by atoms with Crippen molar-refractivity contribution in [2.75, 3.05) is 5.32 Å². The van der Waals surface area contributed by atoms with Gasteiger partial charge < -0.3 is 5.32 Å². The van der Waals surface area contributed by atoms with E-state index >= 15 is 0 Å². The lowest BCUT2D eigenvalue weighted by Crippen LogP contribution is -2.12. The molecule has 1 heterocycles. The summed E-state index contributed by atoms with van der Waals surface area (Å²) in [5.74, 6) is 0.684. The standard InChI is InChI=1S/C25H23ClN4OS/c1-17-7-9-19(10-8-17)23(31)16-29-25(32)30(22-6-4-3-5-18(22)2)24(28-29)15-27-21-13-11-20(26)12-14-21/h3-14,27H,15-16H2,1-2H3. The van der Waals surface area contributed by atoms with Crippen LogP contribution in [0.25, 0.3) is 5.69 Å². The van der Waals surface area contributed by atoms with E-state index in [2.05, 4.69) is 5.32 Å². The Kier molecular flexibility index (Phi) is 6.53. The average molecular weight is 463 g/mol. The van der Waals surface area contributed by atoms with Crippen molar-refractivity contribution in [1.82, 2.24) is 14.3 Å². The van der Waals surface area contributed by atoms with Crippen LogP contribution in [0.4, 0.5) is 5.69 Å². The number of benzene rings is 3. The molecule has 0 aliphatic rings. The summed E-state index contributed by atoms with van der Waals surface area (Å²) in [5, 5.41) is 8.75. The molecule has 0 amide bonds. The molecule has 0 spiro atoms. The number of hydrogen-bond donors (Lipinski definition) is 1. The van der Waals surface area contributed by atoms with Gasteiger partial charge in [-0.3, -0.25) is 9.36 Å². The number of hydrogen-bond acceptors (Lipinski definition) is 4. The van der Waals surface area contributed by atoms with Gasteiger partial charge >= 0.3 is 0 Å². The summed E-state index contributed by atoms with van der Waals surface area (Å²) in [4.78, 5) is 12.9. The van der Waals surface area contributed by atoms with E-state index in [9.17, 15) is 4.79 Å². The van der Waals surface area contributed by atoms with Crippen LogP contribution in [-0.4, -0.2) is 20.1 Å². The first-order chi connectivity index (χ1) is 15.4. The van der Waals surface area contributed by atoms with E-state index in [4.69, 9.17) is 28.9 Å². The normalized spacial score (nSPS) is 10.8. The van der Waals surface area contributed by atoms with Gasteiger partial charge in [-0.05, 0) is 62.0 Å². The van der Waals surface area contributed by atoms with Crippen molar-refractivity contribution in [2.45, 2.75) is 26.9 Å². The summed E-state index contributed by atoms with van der Waals surface area (Å²) in [5.41, 5.74) is 4.68. The van der Waals surface area contributed by atoms with Gasteiger partial charge in [-0.2, -0.15) is 5.10 Å². The molecule has 162 valence electrons. The van der Waals surface area contributed by atoms with Gasteiger partial charge in [0.05, 0.1) is 12.2 Å². The molecule has 0 aliphatic carbocycles. The molecule has 5 nitrogen and oxygen atoms in total. The number of anilines is 1. The van der Waals surface area contributed by atoms with E-state index in [0.29, 0.717) is 21.9 Å². The molecule has 0 atom stereocenters. The predicted molar refractivity (Wildman–Crippen MR) is 131 cm³/mol. The fourth-order valence-corrected chi connectivity index (χ4v) is 3.88. The van der Waals surface area contributed by atoms with Crippen molar-refractivity contribution in [1.29, 1.82) is 0 Å². The molecule has 4 aromatic rings. The van der Waals surface area contributed by atoms with Crippen LogP contribution in [-0.2, 0) is 13.1 Å². The summed E-state index contributed by atoms with van der Waals surface area (Å²) in [6, 6.07) is 23.0. The molecule has 0 saturated carbocycles. The van der Waals surface area contributed by atoms with Crippen molar-refractivity contribution >= 4 is 35.3 Å². The minimum atomic E-state index is -0.0345. The maximum atomic E-state index is 12.9. The first kappa shape index (κ1) is 22.0. The minimum absolute atomic E-state index is 0.0345. The number of carbonyl (C=O) groups is 1. The Bertz CT molecular complexity index is 1310. The van der Waals surface area contributed by atoms with Crippen molar-refractivity contribution in [2.24, 2.45) is 0 Å². The number of ketones is 1. The minimum Gasteiger partial charge on any atom is -0.378 e. The second kappa shape index (κ2) is 9.51. The quantitative estimate of drug-likeness (QED) is 0.263. The van der Waals surface area contributed by atoms with E-state index in [1.54, 1.807) is 4.68 Å². The molecule has 3 aromatic carbocycles. The number of halogens is 1. The van der Waals surface area contributed by atoms with E-state index in [0.717, 1.165) is 28.3 Å². The second-order valence-corrected chi connectivity index (χ2v) is 8.43. The highest BCUT2D eigenvalue weighted by molar-refractivity contribution is 7.71. The second-order valence-electron chi connectivity index (χ2n) is 7.63. The summed E-state index contributed by atoms with van der Waals surface area (Å²) < 4.78 is 4.01. The predicted octanol–water partition coefficient (Wildman–Crippen LogP) is 6.17. The number of nitrogens with zero attached hydrogens (tertiary/aromatic N) is 3. The number of nitrogens with one attached hydrogen (secondary N) is 1. The molecule has 1 aromatic heterocycles. The third kappa shape index (κ3) is 4.82. The van der Waals surface area contributed by atoms with Crippen molar-refractivity contribution in [3.05, 3.63) is 105 Å². The van der Waals surface area contributed by atoms with Crippen LogP contribution in [0, 0.1) is 18.6 Å². The van der Waals surface area contributed by atoms with Gasteiger partial charge in [-0.15, -0.1) is 0 Å². The molecular formula is C25H23ClN4OS. The van der Waals surface area contributed by atoms with Gasteiger partial charge in [-0.1, -0.05) is 59.6 Å². The Labute approximate surface area is 197 Å². The van der Waals surface area contributed by atoms with Crippen LogP contribution in [0.5, 0.6) is 0 Å². The van der Waals surface area contributed by atoms with Gasteiger partial charge in [0.1, 0.15) is 6.54 Å². The molecule has 0 radical (unpaired) electrons. The van der Waals surface area contributed by atoms with Crippen molar-refractivity contribution in [3.8, 4) is 5.69 Å². The Morgan fingerprint density at radius 1 is 1.00 bits per heavy atom. The zero-order valence-corrected chi connectivity index (χ0v) is 19.5.